The van der Waals surface area contributed by atoms with Gasteiger partial charge in [-0.1, -0.05) is 53.5 Å². The van der Waals surface area contributed by atoms with Gasteiger partial charge in [-0.25, -0.2) is 0 Å². The maximum atomic E-state index is 12.5. The highest BCUT2D eigenvalue weighted by atomic mass is 16.7. The highest BCUT2D eigenvalue weighted by Crippen LogP contribution is 2.36. The number of ether oxygens (including phenoxy) is 1. The topological polar surface area (TPSA) is 108 Å². The molecule has 1 aliphatic carbocycles. The minimum Gasteiger partial charge on any atom is -0.468 e. The summed E-state index contributed by atoms with van der Waals surface area (Å²) in [6.45, 7) is 0.324. The van der Waals surface area contributed by atoms with E-state index in [0.717, 1.165) is 18.4 Å². The number of hydroxylamine groups is 2. The van der Waals surface area contributed by atoms with Crippen molar-refractivity contribution >= 4 is 5.97 Å². The second kappa shape index (κ2) is 12.7. The van der Waals surface area contributed by atoms with Crippen LogP contribution >= 0.6 is 0 Å². The average molecular weight is 412 g/mol. The first kappa shape index (κ1) is 23.5. The Morgan fingerprint density at radius 2 is 2.17 bits per heavy atom. The molecule has 0 aliphatic heterocycles. The maximum absolute atomic E-state index is 12.5. The fourth-order valence-electron chi connectivity index (χ4n) is 3.02. The fraction of sp³-hybridized carbons (Fsp3) is 0.500. The van der Waals surface area contributed by atoms with Gasteiger partial charge in [0.2, 0.25) is 0 Å². The molecule has 1 aromatic rings. The van der Waals surface area contributed by atoms with Gasteiger partial charge >= 0.3 is 5.97 Å². The maximum Gasteiger partial charge on any atom is 0.325 e. The normalized spacial score (nSPS) is 16.5. The molecule has 0 saturated heterocycles. The zero-order valence-corrected chi connectivity index (χ0v) is 17.1. The Labute approximate surface area is 177 Å². The summed E-state index contributed by atoms with van der Waals surface area (Å²) in [6.07, 6.45) is 10.6. The van der Waals surface area contributed by atoms with E-state index in [1.807, 2.05) is 30.3 Å². The van der Waals surface area contributed by atoms with E-state index in [1.54, 1.807) is 12.2 Å². The number of esters is 1. The molecule has 0 aromatic heterocycles. The number of hydrogen-bond donors (Lipinski definition) is 1. The predicted octanol–water partition coefficient (Wildman–Crippen LogP) is 3.03. The van der Waals surface area contributed by atoms with Crippen LogP contribution in [0.3, 0.4) is 0 Å². The van der Waals surface area contributed by atoms with Gasteiger partial charge in [0.25, 0.3) is 0 Å². The molecule has 8 nitrogen and oxygen atoms in total. The molecule has 1 saturated carbocycles. The number of methoxy groups -OCH3 is 1. The lowest BCUT2D eigenvalue weighted by molar-refractivity contribution is -0.214. The van der Waals surface area contributed by atoms with Gasteiger partial charge in [0.1, 0.15) is 12.1 Å². The van der Waals surface area contributed by atoms with Crippen LogP contribution in [0.15, 0.2) is 47.6 Å². The van der Waals surface area contributed by atoms with Crippen molar-refractivity contribution in [2.75, 3.05) is 20.2 Å². The Morgan fingerprint density at radius 3 is 2.77 bits per heavy atom. The van der Waals surface area contributed by atoms with Crippen LogP contribution in [0.25, 0.3) is 10.4 Å². The summed E-state index contributed by atoms with van der Waals surface area (Å²) in [5.41, 5.74) is 9.29. The number of nitrogens with zero attached hydrogens (tertiary/aromatic N) is 4. The lowest BCUT2D eigenvalue weighted by atomic mass is 10.1. The number of carbonyl (C=O) groups excluding carboxylic acids is 1. The van der Waals surface area contributed by atoms with E-state index in [2.05, 4.69) is 15.9 Å². The van der Waals surface area contributed by atoms with E-state index in [0.29, 0.717) is 18.8 Å². The van der Waals surface area contributed by atoms with Crippen LogP contribution in [0, 0.1) is 18.3 Å². The van der Waals surface area contributed by atoms with Crippen LogP contribution in [0.1, 0.15) is 24.8 Å². The van der Waals surface area contributed by atoms with Crippen LogP contribution < -0.4 is 0 Å². The van der Waals surface area contributed by atoms with Crippen molar-refractivity contribution in [1.29, 1.82) is 0 Å². The zero-order chi connectivity index (χ0) is 21.8. The Balaban J connectivity index is 2.12. The minimum absolute atomic E-state index is 0.114. The SMILES string of the molecule is C#CCN(O[C@@H](/C=C/[C@@H](O)CCN=[N+]=[N-])C1CC1)[C@@H](Cc1ccccc1)C(=O)OC. The van der Waals surface area contributed by atoms with Gasteiger partial charge in [0.05, 0.1) is 19.8 Å². The fourth-order valence-corrected chi connectivity index (χ4v) is 3.02. The molecule has 1 aromatic carbocycles. The van der Waals surface area contributed by atoms with Gasteiger partial charge in [-0.2, -0.15) is 5.06 Å². The average Bonchev–Trinajstić information content (AvgIpc) is 3.60. The van der Waals surface area contributed by atoms with E-state index in [9.17, 15) is 9.90 Å². The number of azide groups is 1. The van der Waals surface area contributed by atoms with Gasteiger partial charge in [0.15, 0.2) is 0 Å². The Kier molecular flexibility index (Phi) is 9.92. The Hall–Kier alpha value is -2.82. The molecule has 0 unspecified atom stereocenters. The molecule has 0 heterocycles. The molecule has 0 amide bonds. The summed E-state index contributed by atoms with van der Waals surface area (Å²) in [5.74, 6) is 2.41. The highest BCUT2D eigenvalue weighted by molar-refractivity contribution is 5.76. The lowest BCUT2D eigenvalue weighted by Gasteiger charge is -2.30. The molecule has 160 valence electrons. The smallest absolute Gasteiger partial charge is 0.325 e. The van der Waals surface area contributed by atoms with E-state index in [1.165, 1.54) is 12.2 Å². The van der Waals surface area contributed by atoms with Crippen LogP contribution in [-0.2, 0) is 20.8 Å². The third kappa shape index (κ3) is 7.90. The van der Waals surface area contributed by atoms with Crippen LogP contribution in [0.2, 0.25) is 0 Å². The number of rotatable bonds is 13. The Bertz CT molecular complexity index is 782. The second-order valence-corrected chi connectivity index (χ2v) is 7.11. The number of benzene rings is 1. The minimum atomic E-state index is -0.748. The first-order valence-corrected chi connectivity index (χ1v) is 9.95. The van der Waals surface area contributed by atoms with Crippen molar-refractivity contribution in [2.45, 2.75) is 43.9 Å². The van der Waals surface area contributed by atoms with Crippen molar-refractivity contribution in [3.63, 3.8) is 0 Å². The number of terminal acetylenes is 1. The molecule has 1 N–H and O–H groups in total. The van der Waals surface area contributed by atoms with Crippen molar-refractivity contribution in [3.05, 3.63) is 58.5 Å². The first-order chi connectivity index (χ1) is 14.6. The van der Waals surface area contributed by atoms with Crippen LogP contribution in [-0.4, -0.2) is 54.6 Å². The van der Waals surface area contributed by atoms with Crippen molar-refractivity contribution in [1.82, 2.24) is 5.06 Å². The van der Waals surface area contributed by atoms with Crippen LogP contribution in [0.4, 0.5) is 0 Å². The quantitative estimate of drug-likeness (QED) is 0.102. The van der Waals surface area contributed by atoms with E-state index >= 15 is 0 Å². The monoisotopic (exact) mass is 412 g/mol. The summed E-state index contributed by atoms with van der Waals surface area (Å²) >= 11 is 0. The van der Waals surface area contributed by atoms with Crippen LogP contribution in [0.5, 0.6) is 0 Å². The van der Waals surface area contributed by atoms with Gasteiger partial charge in [0, 0.05) is 17.9 Å². The van der Waals surface area contributed by atoms with Gasteiger partial charge < -0.3 is 9.84 Å². The lowest BCUT2D eigenvalue weighted by Crippen LogP contribution is -2.45. The molecule has 3 atom stereocenters. The molecular weight excluding hydrogens is 384 g/mol. The first-order valence-electron chi connectivity index (χ1n) is 9.95. The summed E-state index contributed by atoms with van der Waals surface area (Å²) < 4.78 is 5.00. The third-order valence-corrected chi connectivity index (χ3v) is 4.79. The summed E-state index contributed by atoms with van der Waals surface area (Å²) in [4.78, 5) is 21.3. The highest BCUT2D eigenvalue weighted by Gasteiger charge is 2.35. The second-order valence-electron chi connectivity index (χ2n) is 7.11. The molecule has 30 heavy (non-hydrogen) atoms. The zero-order valence-electron chi connectivity index (χ0n) is 17.1. The number of carbonyl (C=O) groups is 1. The van der Waals surface area contributed by atoms with Crippen molar-refractivity contribution in [3.8, 4) is 12.3 Å². The number of aliphatic hydroxyl groups excluding tert-OH is 1. The summed E-state index contributed by atoms with van der Waals surface area (Å²) in [7, 11) is 1.34. The molecule has 2 rings (SSSR count). The van der Waals surface area contributed by atoms with Crippen molar-refractivity contribution < 1.29 is 19.5 Å². The molecule has 0 spiro atoms. The molecule has 1 fully saturated rings. The van der Waals surface area contributed by atoms with Crippen molar-refractivity contribution in [2.24, 2.45) is 11.0 Å². The van der Waals surface area contributed by atoms with Gasteiger partial charge in [-0.05, 0) is 36.3 Å². The third-order valence-electron chi connectivity index (χ3n) is 4.79. The van der Waals surface area contributed by atoms with E-state index in [4.69, 9.17) is 21.5 Å². The summed E-state index contributed by atoms with van der Waals surface area (Å²) in [5, 5.41) is 15.0. The molecule has 0 radical (unpaired) electrons. The summed E-state index contributed by atoms with van der Waals surface area (Å²) in [6, 6.07) is 8.89. The van der Waals surface area contributed by atoms with Gasteiger partial charge in [-0.15, -0.1) is 6.42 Å². The molecule has 8 heteroatoms. The van der Waals surface area contributed by atoms with E-state index in [-0.39, 0.29) is 19.2 Å². The molecular formula is C22H28N4O4. The van der Waals surface area contributed by atoms with Gasteiger partial charge in [-0.3, -0.25) is 9.63 Å². The number of aliphatic hydroxyl groups is 1. The largest absolute Gasteiger partial charge is 0.468 e. The predicted molar refractivity (Wildman–Crippen MR) is 113 cm³/mol. The molecule has 0 bridgehead atoms. The Morgan fingerprint density at radius 1 is 1.43 bits per heavy atom. The standard InChI is InChI=1S/C22H28N4O4/c1-3-15-26(20(22(28)29-2)16-17-7-5-4-6-8-17)30-21(18-9-10-18)12-11-19(27)13-14-24-25-23/h1,4-8,11-12,18-21,27H,9-10,13-16H2,2H3/b12-11+/t19-,20+,21+/m1/s1. The molecule has 1 aliphatic rings. The van der Waals surface area contributed by atoms with E-state index < -0.39 is 18.1 Å². The number of hydrogen-bond acceptors (Lipinski definition) is 6.